The SMILES string of the molecule is CC(=O)Oc1ccc2[nH]c(C)c(C(C)=O)c2c1. The Morgan fingerprint density at radius 3 is 2.53 bits per heavy atom. The van der Waals surface area contributed by atoms with E-state index in [0.29, 0.717) is 11.3 Å². The molecule has 0 aliphatic heterocycles. The third kappa shape index (κ3) is 2.06. The lowest BCUT2D eigenvalue weighted by Gasteiger charge is -2.01. The van der Waals surface area contributed by atoms with Crippen molar-refractivity contribution >= 4 is 22.7 Å². The van der Waals surface area contributed by atoms with Gasteiger partial charge in [0.15, 0.2) is 5.78 Å². The number of carbonyl (C=O) groups excluding carboxylic acids is 2. The predicted octanol–water partition coefficient (Wildman–Crippen LogP) is 2.60. The number of Topliss-reactive ketones (excluding diaryl/α,β-unsaturated/α-hetero) is 1. The molecule has 0 unspecified atom stereocenters. The van der Waals surface area contributed by atoms with Crippen LogP contribution in [0.2, 0.25) is 0 Å². The lowest BCUT2D eigenvalue weighted by Crippen LogP contribution is -2.01. The Morgan fingerprint density at radius 1 is 1.24 bits per heavy atom. The van der Waals surface area contributed by atoms with Gasteiger partial charge in [-0.3, -0.25) is 9.59 Å². The Labute approximate surface area is 98.6 Å². The van der Waals surface area contributed by atoms with Gasteiger partial charge < -0.3 is 9.72 Å². The maximum Gasteiger partial charge on any atom is 0.308 e. The van der Waals surface area contributed by atoms with Crippen LogP contribution in [0.15, 0.2) is 18.2 Å². The average Bonchev–Trinajstić information content (AvgIpc) is 2.52. The quantitative estimate of drug-likeness (QED) is 0.491. The number of ketones is 1. The van der Waals surface area contributed by atoms with Gasteiger partial charge in [0, 0.05) is 29.1 Å². The van der Waals surface area contributed by atoms with Gasteiger partial charge in [-0.2, -0.15) is 0 Å². The molecule has 4 heteroatoms. The molecular weight excluding hydrogens is 218 g/mol. The highest BCUT2D eigenvalue weighted by atomic mass is 16.5. The summed E-state index contributed by atoms with van der Waals surface area (Å²) in [5.41, 5.74) is 2.34. The Hall–Kier alpha value is -2.10. The van der Waals surface area contributed by atoms with Gasteiger partial charge in [-0.15, -0.1) is 0 Å². The molecule has 0 saturated heterocycles. The largest absolute Gasteiger partial charge is 0.427 e. The topological polar surface area (TPSA) is 59.2 Å². The fourth-order valence-electron chi connectivity index (χ4n) is 1.99. The van der Waals surface area contributed by atoms with Gasteiger partial charge in [-0.25, -0.2) is 0 Å². The fraction of sp³-hybridized carbons (Fsp3) is 0.231. The summed E-state index contributed by atoms with van der Waals surface area (Å²) in [6.07, 6.45) is 0. The number of hydrogen-bond acceptors (Lipinski definition) is 3. The van der Waals surface area contributed by atoms with Crippen molar-refractivity contribution in [1.29, 1.82) is 0 Å². The van der Waals surface area contributed by atoms with E-state index in [-0.39, 0.29) is 11.8 Å². The third-order valence-corrected chi connectivity index (χ3v) is 2.57. The van der Waals surface area contributed by atoms with E-state index in [2.05, 4.69) is 4.98 Å². The molecule has 0 amide bonds. The van der Waals surface area contributed by atoms with Crippen LogP contribution < -0.4 is 4.74 Å². The first-order valence-electron chi connectivity index (χ1n) is 5.30. The minimum Gasteiger partial charge on any atom is -0.427 e. The van der Waals surface area contributed by atoms with E-state index in [4.69, 9.17) is 4.74 Å². The zero-order chi connectivity index (χ0) is 12.6. The van der Waals surface area contributed by atoms with E-state index in [1.165, 1.54) is 13.8 Å². The van der Waals surface area contributed by atoms with Crippen LogP contribution in [0.4, 0.5) is 0 Å². The molecule has 2 rings (SSSR count). The molecule has 17 heavy (non-hydrogen) atoms. The van der Waals surface area contributed by atoms with Crippen LogP contribution in [0.1, 0.15) is 29.9 Å². The van der Waals surface area contributed by atoms with E-state index in [0.717, 1.165) is 16.6 Å². The molecule has 0 spiro atoms. The van der Waals surface area contributed by atoms with Gasteiger partial charge in [-0.1, -0.05) is 0 Å². The number of esters is 1. The average molecular weight is 231 g/mol. The number of aryl methyl sites for hydroxylation is 1. The van der Waals surface area contributed by atoms with Crippen molar-refractivity contribution in [1.82, 2.24) is 4.98 Å². The number of hydrogen-bond donors (Lipinski definition) is 1. The van der Waals surface area contributed by atoms with E-state index >= 15 is 0 Å². The summed E-state index contributed by atoms with van der Waals surface area (Å²) < 4.78 is 5.00. The summed E-state index contributed by atoms with van der Waals surface area (Å²) >= 11 is 0. The van der Waals surface area contributed by atoms with E-state index < -0.39 is 0 Å². The highest BCUT2D eigenvalue weighted by Crippen LogP contribution is 2.26. The van der Waals surface area contributed by atoms with Crippen LogP contribution in [0, 0.1) is 6.92 Å². The van der Waals surface area contributed by atoms with E-state index in [1.807, 2.05) is 6.92 Å². The minimum absolute atomic E-state index is 0.00581. The highest BCUT2D eigenvalue weighted by Gasteiger charge is 2.13. The summed E-state index contributed by atoms with van der Waals surface area (Å²) in [7, 11) is 0. The van der Waals surface area contributed by atoms with Crippen molar-refractivity contribution in [3.8, 4) is 5.75 Å². The second kappa shape index (κ2) is 4.05. The molecule has 1 aromatic carbocycles. The molecule has 2 aromatic rings. The number of aromatic amines is 1. The number of carbonyl (C=O) groups is 2. The predicted molar refractivity (Wildman–Crippen MR) is 64.3 cm³/mol. The van der Waals surface area contributed by atoms with Crippen molar-refractivity contribution < 1.29 is 14.3 Å². The van der Waals surface area contributed by atoms with Crippen LogP contribution in [-0.2, 0) is 4.79 Å². The number of H-pyrrole nitrogens is 1. The van der Waals surface area contributed by atoms with E-state index in [9.17, 15) is 9.59 Å². The first-order chi connectivity index (χ1) is 7.99. The molecule has 88 valence electrons. The van der Waals surface area contributed by atoms with Crippen LogP contribution in [0.3, 0.4) is 0 Å². The molecule has 0 saturated carbocycles. The number of nitrogens with one attached hydrogen (secondary N) is 1. The standard InChI is InChI=1S/C13H13NO3/c1-7-13(8(2)15)11-6-10(17-9(3)16)4-5-12(11)14-7/h4-6,14H,1-3H3. The number of fused-ring (bicyclic) bond motifs is 1. The monoisotopic (exact) mass is 231 g/mol. The first kappa shape index (κ1) is 11.4. The Bertz CT molecular complexity index is 610. The number of ether oxygens (including phenoxy) is 1. The smallest absolute Gasteiger partial charge is 0.308 e. The molecule has 0 bridgehead atoms. The summed E-state index contributed by atoms with van der Waals surface area (Å²) in [6, 6.07) is 5.20. The van der Waals surface area contributed by atoms with Crippen LogP contribution in [0.5, 0.6) is 5.75 Å². The van der Waals surface area contributed by atoms with Gasteiger partial charge in [-0.05, 0) is 32.0 Å². The zero-order valence-corrected chi connectivity index (χ0v) is 9.96. The second-order valence-corrected chi connectivity index (χ2v) is 3.98. The zero-order valence-electron chi connectivity index (χ0n) is 9.96. The maximum atomic E-state index is 11.5. The van der Waals surface area contributed by atoms with Gasteiger partial charge in [0.25, 0.3) is 0 Å². The van der Waals surface area contributed by atoms with Crippen LogP contribution in [-0.4, -0.2) is 16.7 Å². The molecule has 0 atom stereocenters. The van der Waals surface area contributed by atoms with Gasteiger partial charge in [0.05, 0.1) is 0 Å². The van der Waals surface area contributed by atoms with E-state index in [1.54, 1.807) is 18.2 Å². The molecule has 0 aliphatic carbocycles. The van der Waals surface area contributed by atoms with Crippen molar-refractivity contribution in [2.45, 2.75) is 20.8 Å². The van der Waals surface area contributed by atoms with Crippen molar-refractivity contribution in [3.05, 3.63) is 29.5 Å². The van der Waals surface area contributed by atoms with Gasteiger partial charge in [0.1, 0.15) is 5.75 Å². The summed E-state index contributed by atoms with van der Waals surface area (Å²) in [5, 5.41) is 0.786. The molecule has 1 aromatic heterocycles. The highest BCUT2D eigenvalue weighted by molar-refractivity contribution is 6.08. The number of benzene rings is 1. The molecule has 0 fully saturated rings. The maximum absolute atomic E-state index is 11.5. The molecular formula is C13H13NO3. The number of aromatic nitrogens is 1. The molecule has 0 aliphatic rings. The van der Waals surface area contributed by atoms with Crippen molar-refractivity contribution in [3.63, 3.8) is 0 Å². The minimum atomic E-state index is -0.374. The van der Waals surface area contributed by atoms with Crippen LogP contribution in [0.25, 0.3) is 10.9 Å². The van der Waals surface area contributed by atoms with Gasteiger partial charge >= 0.3 is 5.97 Å². The van der Waals surface area contributed by atoms with Gasteiger partial charge in [0.2, 0.25) is 0 Å². The fourth-order valence-corrected chi connectivity index (χ4v) is 1.99. The summed E-state index contributed by atoms with van der Waals surface area (Å²) in [6.45, 7) is 4.72. The lowest BCUT2D eigenvalue weighted by molar-refractivity contribution is -0.131. The Kier molecular flexibility index (Phi) is 2.71. The Balaban J connectivity index is 2.62. The summed E-state index contributed by atoms with van der Waals surface area (Å²) in [4.78, 5) is 25.6. The molecule has 1 N–H and O–H groups in total. The summed E-state index contributed by atoms with van der Waals surface area (Å²) in [5.74, 6) is 0.0706. The molecule has 1 heterocycles. The lowest BCUT2D eigenvalue weighted by atomic mass is 10.1. The van der Waals surface area contributed by atoms with Crippen molar-refractivity contribution in [2.24, 2.45) is 0 Å². The van der Waals surface area contributed by atoms with Crippen LogP contribution >= 0.6 is 0 Å². The van der Waals surface area contributed by atoms with Crippen molar-refractivity contribution in [2.75, 3.05) is 0 Å². The normalized spacial score (nSPS) is 10.5. The molecule has 4 nitrogen and oxygen atoms in total. The first-order valence-corrected chi connectivity index (χ1v) is 5.30. The third-order valence-electron chi connectivity index (χ3n) is 2.57. The second-order valence-electron chi connectivity index (χ2n) is 3.98. The number of rotatable bonds is 2. The molecule has 0 radical (unpaired) electrons. The Morgan fingerprint density at radius 2 is 1.94 bits per heavy atom.